The molecule has 7 nitrogen and oxygen atoms in total. The predicted octanol–water partition coefficient (Wildman–Crippen LogP) is 4.23. The van der Waals surface area contributed by atoms with Crippen LogP contribution in [0.4, 0.5) is 20.6 Å². The molecular weight excluding hydrogens is 371 g/mol. The molecule has 4 rings (SSSR count). The lowest BCUT2D eigenvalue weighted by atomic mass is 10.1. The molecule has 0 aliphatic carbocycles. The topological polar surface area (TPSA) is 74.6 Å². The first-order valence-electron chi connectivity index (χ1n) is 9.94. The number of carbonyl (C=O) groups excluding carboxylic acids is 1. The Morgan fingerprint density at radius 1 is 1.21 bits per heavy atom. The van der Waals surface area contributed by atoms with Crippen LogP contribution in [0.5, 0.6) is 0 Å². The molecule has 1 aliphatic heterocycles. The van der Waals surface area contributed by atoms with Gasteiger partial charge in [-0.2, -0.15) is 0 Å². The minimum Gasteiger partial charge on any atom is -0.382 e. The first-order chi connectivity index (χ1) is 14.0. The summed E-state index contributed by atoms with van der Waals surface area (Å²) < 4.78 is 16.3. The van der Waals surface area contributed by atoms with Crippen molar-refractivity contribution in [3.8, 4) is 11.3 Å². The van der Waals surface area contributed by atoms with Crippen LogP contribution in [0.25, 0.3) is 17.0 Å². The van der Waals surface area contributed by atoms with Crippen molar-refractivity contribution in [2.75, 3.05) is 30.3 Å². The summed E-state index contributed by atoms with van der Waals surface area (Å²) in [5.74, 6) is 0.600. The van der Waals surface area contributed by atoms with Crippen molar-refractivity contribution in [3.63, 3.8) is 0 Å². The van der Waals surface area contributed by atoms with Crippen molar-refractivity contribution in [2.45, 2.75) is 26.7 Å². The van der Waals surface area contributed by atoms with Gasteiger partial charge in [0.15, 0.2) is 0 Å². The standard InChI is InChI=1S/C21H25FN6O/c1-14(2)10-23-16-11-24-20-26-19(13-28(20)12-16)17-9-15(5-6-18(17)22)25-21(29)27-7-3-4-8-27/h5-6,9,11-14,23H,3-4,7-8,10H2,1-2H3,(H,25,29). The first kappa shape index (κ1) is 19.2. The van der Waals surface area contributed by atoms with Crippen molar-refractivity contribution < 1.29 is 9.18 Å². The van der Waals surface area contributed by atoms with Crippen LogP contribution in [-0.2, 0) is 0 Å². The van der Waals surface area contributed by atoms with E-state index >= 15 is 0 Å². The zero-order chi connectivity index (χ0) is 20.4. The summed E-state index contributed by atoms with van der Waals surface area (Å²) in [6.07, 6.45) is 7.39. The molecule has 29 heavy (non-hydrogen) atoms. The van der Waals surface area contributed by atoms with Crippen molar-refractivity contribution in [3.05, 3.63) is 42.6 Å². The SMILES string of the molecule is CC(C)CNc1cnc2nc(-c3cc(NC(=O)N4CCCC4)ccc3F)cn2c1. The Bertz CT molecular complexity index is 1030. The molecule has 0 atom stereocenters. The average Bonchev–Trinajstić information content (AvgIpc) is 3.37. The molecule has 0 saturated carbocycles. The van der Waals surface area contributed by atoms with Crippen molar-refractivity contribution in [1.29, 1.82) is 0 Å². The van der Waals surface area contributed by atoms with Gasteiger partial charge in [-0.3, -0.25) is 4.40 Å². The van der Waals surface area contributed by atoms with Gasteiger partial charge in [0.25, 0.3) is 0 Å². The summed E-state index contributed by atoms with van der Waals surface area (Å²) in [6, 6.07) is 4.37. The number of rotatable bonds is 5. The minimum atomic E-state index is -0.397. The van der Waals surface area contributed by atoms with Crippen molar-refractivity contribution in [1.82, 2.24) is 19.3 Å². The van der Waals surface area contributed by atoms with Gasteiger partial charge in [0.05, 0.1) is 17.6 Å². The largest absolute Gasteiger partial charge is 0.382 e. The summed E-state index contributed by atoms with van der Waals surface area (Å²) in [5.41, 5.74) is 2.21. The van der Waals surface area contributed by atoms with E-state index in [1.165, 1.54) is 6.07 Å². The average molecular weight is 396 g/mol. The fourth-order valence-electron chi connectivity index (χ4n) is 3.35. The Kier molecular flexibility index (Phi) is 5.33. The number of halogens is 1. The Balaban J connectivity index is 1.58. The molecule has 0 spiro atoms. The first-order valence-corrected chi connectivity index (χ1v) is 9.94. The molecule has 2 aromatic heterocycles. The highest BCUT2D eigenvalue weighted by atomic mass is 19.1. The van der Waals surface area contributed by atoms with Crippen LogP contribution < -0.4 is 10.6 Å². The number of hydrogen-bond donors (Lipinski definition) is 2. The molecule has 3 heterocycles. The van der Waals surface area contributed by atoms with Gasteiger partial charge >= 0.3 is 6.03 Å². The maximum Gasteiger partial charge on any atom is 0.321 e. The van der Waals surface area contributed by atoms with E-state index in [0.29, 0.717) is 28.6 Å². The number of anilines is 2. The van der Waals surface area contributed by atoms with Crippen LogP contribution in [0.15, 0.2) is 36.8 Å². The molecule has 2 N–H and O–H groups in total. The second kappa shape index (κ2) is 8.06. The number of carbonyl (C=O) groups is 1. The quantitative estimate of drug-likeness (QED) is 0.677. The fraction of sp³-hybridized carbons (Fsp3) is 0.381. The van der Waals surface area contributed by atoms with E-state index in [4.69, 9.17) is 0 Å². The van der Waals surface area contributed by atoms with E-state index in [0.717, 1.165) is 38.2 Å². The highest BCUT2D eigenvalue weighted by Gasteiger charge is 2.19. The Labute approximate surface area is 169 Å². The van der Waals surface area contributed by atoms with Crippen LogP contribution in [0.1, 0.15) is 26.7 Å². The summed E-state index contributed by atoms with van der Waals surface area (Å²) in [4.78, 5) is 22.9. The Morgan fingerprint density at radius 2 is 2.00 bits per heavy atom. The number of benzene rings is 1. The lowest BCUT2D eigenvalue weighted by Crippen LogP contribution is -2.32. The van der Waals surface area contributed by atoms with E-state index < -0.39 is 5.82 Å². The molecular formula is C21H25FN6O. The summed E-state index contributed by atoms with van der Waals surface area (Å²) in [7, 11) is 0. The molecule has 0 unspecified atom stereocenters. The van der Waals surface area contributed by atoms with Gasteiger partial charge in [0, 0.05) is 43.3 Å². The van der Waals surface area contributed by atoms with E-state index in [1.54, 1.807) is 33.8 Å². The lowest BCUT2D eigenvalue weighted by molar-refractivity contribution is 0.222. The number of likely N-dealkylation sites (tertiary alicyclic amines) is 1. The third-order valence-corrected chi connectivity index (χ3v) is 4.91. The van der Waals surface area contributed by atoms with Gasteiger partial charge in [-0.25, -0.2) is 19.2 Å². The van der Waals surface area contributed by atoms with Gasteiger partial charge in [-0.05, 0) is 37.0 Å². The second-order valence-corrected chi connectivity index (χ2v) is 7.77. The maximum absolute atomic E-state index is 14.5. The molecule has 8 heteroatoms. The van der Waals surface area contributed by atoms with E-state index in [2.05, 4.69) is 34.4 Å². The number of hydrogen-bond acceptors (Lipinski definition) is 4. The molecule has 1 aliphatic rings. The number of nitrogens with zero attached hydrogens (tertiary/aromatic N) is 4. The molecule has 1 fully saturated rings. The minimum absolute atomic E-state index is 0.155. The smallest absolute Gasteiger partial charge is 0.321 e. The number of amides is 2. The predicted molar refractivity (Wildman–Crippen MR) is 112 cm³/mol. The van der Waals surface area contributed by atoms with Crippen molar-refractivity contribution >= 4 is 23.2 Å². The summed E-state index contributed by atoms with van der Waals surface area (Å²) in [5, 5.41) is 6.17. The van der Waals surface area contributed by atoms with Gasteiger partial charge in [0.2, 0.25) is 5.78 Å². The molecule has 2 amide bonds. The van der Waals surface area contributed by atoms with Gasteiger partial charge in [-0.15, -0.1) is 0 Å². The van der Waals surface area contributed by atoms with Gasteiger partial charge in [-0.1, -0.05) is 13.8 Å². The number of aromatic nitrogens is 3. The zero-order valence-electron chi connectivity index (χ0n) is 16.7. The Morgan fingerprint density at radius 3 is 2.76 bits per heavy atom. The van der Waals surface area contributed by atoms with Crippen LogP contribution in [0.2, 0.25) is 0 Å². The zero-order valence-corrected chi connectivity index (χ0v) is 16.7. The molecule has 0 bridgehead atoms. The lowest BCUT2D eigenvalue weighted by Gasteiger charge is -2.16. The number of imidazole rings is 1. The third kappa shape index (κ3) is 4.31. The van der Waals surface area contributed by atoms with Crippen LogP contribution >= 0.6 is 0 Å². The summed E-state index contributed by atoms with van der Waals surface area (Å²) in [6.45, 7) is 6.61. The molecule has 3 aromatic rings. The highest BCUT2D eigenvalue weighted by molar-refractivity contribution is 5.90. The molecule has 1 aromatic carbocycles. The normalized spacial score (nSPS) is 14.0. The second-order valence-electron chi connectivity index (χ2n) is 7.77. The monoisotopic (exact) mass is 396 g/mol. The van der Waals surface area contributed by atoms with Crippen LogP contribution in [-0.4, -0.2) is 44.9 Å². The molecule has 1 saturated heterocycles. The number of nitrogens with one attached hydrogen (secondary N) is 2. The van der Waals surface area contributed by atoms with Crippen LogP contribution in [0.3, 0.4) is 0 Å². The number of urea groups is 1. The van der Waals surface area contributed by atoms with Gasteiger partial charge in [0.1, 0.15) is 5.82 Å². The van der Waals surface area contributed by atoms with Crippen molar-refractivity contribution in [2.24, 2.45) is 5.92 Å². The van der Waals surface area contributed by atoms with E-state index in [1.807, 2.05) is 6.20 Å². The van der Waals surface area contributed by atoms with E-state index in [-0.39, 0.29) is 6.03 Å². The van der Waals surface area contributed by atoms with Crippen LogP contribution in [0, 0.1) is 11.7 Å². The highest BCUT2D eigenvalue weighted by Crippen LogP contribution is 2.26. The van der Waals surface area contributed by atoms with Gasteiger partial charge < -0.3 is 15.5 Å². The molecule has 0 radical (unpaired) electrons. The summed E-state index contributed by atoms with van der Waals surface area (Å²) >= 11 is 0. The van der Waals surface area contributed by atoms with E-state index in [9.17, 15) is 9.18 Å². The number of fused-ring (bicyclic) bond motifs is 1. The third-order valence-electron chi connectivity index (χ3n) is 4.91. The fourth-order valence-corrected chi connectivity index (χ4v) is 3.35. The Hall–Kier alpha value is -3.16. The maximum atomic E-state index is 14.5. The molecule has 152 valence electrons.